The van der Waals surface area contributed by atoms with E-state index in [2.05, 4.69) is 25.0 Å². The fraction of sp³-hybridized carbons (Fsp3) is 0.400. The number of ether oxygens (including phenoxy) is 2. The topological polar surface area (TPSA) is 112 Å². The maximum Gasteiger partial charge on any atom is 0.388 e. The van der Waals surface area contributed by atoms with Gasteiger partial charge in [0.15, 0.2) is 5.17 Å². The fourth-order valence-electron chi connectivity index (χ4n) is 4.03. The van der Waals surface area contributed by atoms with E-state index in [0.29, 0.717) is 12.2 Å². The van der Waals surface area contributed by atoms with Gasteiger partial charge in [0.1, 0.15) is 18.2 Å². The van der Waals surface area contributed by atoms with Gasteiger partial charge in [0.2, 0.25) is 5.88 Å². The van der Waals surface area contributed by atoms with Crippen LogP contribution in [0.25, 0.3) is 0 Å². The first-order chi connectivity index (χ1) is 15.8. The van der Waals surface area contributed by atoms with E-state index < -0.39 is 48.5 Å². The molecule has 3 atom stereocenters. The van der Waals surface area contributed by atoms with E-state index in [1.165, 1.54) is 30.0 Å². The highest BCUT2D eigenvalue weighted by Gasteiger charge is 2.51. The van der Waals surface area contributed by atoms with Gasteiger partial charge in [-0.3, -0.25) is 9.79 Å². The fourth-order valence-corrected chi connectivity index (χ4v) is 5.09. The molecule has 13 heteroatoms. The SMILES string of the molecule is NC1=N[C@]2(c3cc(NC(=O)c4cnc(OC(F)F)cn4)ccc3F)CCO[C@@H](CF)[C@H]2CS1. The Kier molecular flexibility index (Phi) is 6.70. The van der Waals surface area contributed by atoms with Gasteiger partial charge in [-0.2, -0.15) is 8.78 Å². The number of thioether (sulfide) groups is 1. The molecule has 1 amide bonds. The molecule has 1 saturated heterocycles. The van der Waals surface area contributed by atoms with Crippen molar-refractivity contribution in [2.75, 3.05) is 24.4 Å². The number of aromatic nitrogens is 2. The highest BCUT2D eigenvalue weighted by Crippen LogP contribution is 2.48. The second-order valence-corrected chi connectivity index (χ2v) is 8.41. The quantitative estimate of drug-likeness (QED) is 0.605. The first kappa shape index (κ1) is 23.2. The van der Waals surface area contributed by atoms with Gasteiger partial charge in [-0.25, -0.2) is 18.7 Å². The molecule has 33 heavy (non-hydrogen) atoms. The van der Waals surface area contributed by atoms with Crippen molar-refractivity contribution in [3.8, 4) is 5.88 Å². The van der Waals surface area contributed by atoms with Crippen LogP contribution in [0.4, 0.5) is 23.2 Å². The summed E-state index contributed by atoms with van der Waals surface area (Å²) in [6, 6.07) is 3.95. The normalized spacial score (nSPS) is 24.7. The number of aliphatic imine (C=N–C) groups is 1. The monoisotopic (exact) mass is 485 g/mol. The Labute approximate surface area is 190 Å². The summed E-state index contributed by atoms with van der Waals surface area (Å²) in [5.41, 5.74) is 5.05. The number of fused-ring (bicyclic) bond motifs is 1. The molecule has 0 bridgehead atoms. The Hall–Kier alpha value is -2.93. The molecule has 0 aliphatic carbocycles. The second kappa shape index (κ2) is 9.51. The van der Waals surface area contributed by atoms with Gasteiger partial charge in [-0.05, 0) is 18.2 Å². The van der Waals surface area contributed by atoms with Gasteiger partial charge in [-0.15, -0.1) is 0 Å². The van der Waals surface area contributed by atoms with Gasteiger partial charge in [0.05, 0.1) is 24.0 Å². The number of amides is 1. The van der Waals surface area contributed by atoms with Gasteiger partial charge in [0.25, 0.3) is 5.91 Å². The van der Waals surface area contributed by atoms with Crippen LogP contribution in [0.2, 0.25) is 0 Å². The lowest BCUT2D eigenvalue weighted by Gasteiger charge is -2.47. The van der Waals surface area contributed by atoms with Crippen molar-refractivity contribution in [3.05, 3.63) is 47.7 Å². The number of hydrogen-bond donors (Lipinski definition) is 2. The van der Waals surface area contributed by atoms with Crippen molar-refractivity contribution in [1.82, 2.24) is 9.97 Å². The first-order valence-corrected chi connectivity index (χ1v) is 10.8. The molecule has 2 aliphatic rings. The smallest absolute Gasteiger partial charge is 0.388 e. The van der Waals surface area contributed by atoms with Crippen molar-refractivity contribution >= 4 is 28.5 Å². The van der Waals surface area contributed by atoms with Gasteiger partial charge >= 0.3 is 6.61 Å². The molecule has 176 valence electrons. The number of nitrogens with two attached hydrogens (primary N) is 1. The number of carbonyl (C=O) groups excluding carboxylic acids is 1. The summed E-state index contributed by atoms with van der Waals surface area (Å²) in [5, 5.41) is 2.83. The molecule has 1 aromatic heterocycles. The summed E-state index contributed by atoms with van der Waals surface area (Å²) in [4.78, 5) is 24.4. The molecule has 1 fully saturated rings. The van der Waals surface area contributed by atoms with E-state index >= 15 is 4.39 Å². The Morgan fingerprint density at radius 2 is 2.18 bits per heavy atom. The minimum atomic E-state index is -3.07. The molecule has 0 unspecified atom stereocenters. The van der Waals surface area contributed by atoms with E-state index in [-0.39, 0.29) is 28.7 Å². The summed E-state index contributed by atoms with van der Waals surface area (Å²) < 4.78 is 62.8. The molecule has 0 saturated carbocycles. The molecule has 1 aromatic carbocycles. The van der Waals surface area contributed by atoms with Crippen molar-refractivity contribution < 1.29 is 31.8 Å². The third-order valence-electron chi connectivity index (χ3n) is 5.51. The molecule has 0 spiro atoms. The second-order valence-electron chi connectivity index (χ2n) is 7.37. The number of carbonyl (C=O) groups is 1. The molecule has 3 heterocycles. The van der Waals surface area contributed by atoms with Crippen LogP contribution >= 0.6 is 11.8 Å². The van der Waals surface area contributed by atoms with E-state index in [9.17, 15) is 18.0 Å². The highest BCUT2D eigenvalue weighted by atomic mass is 32.2. The predicted octanol–water partition coefficient (Wildman–Crippen LogP) is 3.10. The van der Waals surface area contributed by atoms with Crippen LogP contribution in [-0.2, 0) is 10.3 Å². The number of alkyl halides is 3. The molecule has 8 nitrogen and oxygen atoms in total. The van der Waals surface area contributed by atoms with Crippen molar-refractivity contribution in [3.63, 3.8) is 0 Å². The Morgan fingerprint density at radius 3 is 2.88 bits per heavy atom. The average Bonchev–Trinajstić information content (AvgIpc) is 2.79. The maximum atomic E-state index is 15.0. The molecule has 4 rings (SSSR count). The summed E-state index contributed by atoms with van der Waals surface area (Å²) in [7, 11) is 0. The number of nitrogens with one attached hydrogen (secondary N) is 1. The Balaban J connectivity index is 1.62. The van der Waals surface area contributed by atoms with Crippen molar-refractivity contribution in [2.45, 2.75) is 24.7 Å². The Morgan fingerprint density at radius 1 is 1.36 bits per heavy atom. The number of hydrogen-bond acceptors (Lipinski definition) is 8. The third-order valence-corrected chi connectivity index (χ3v) is 6.42. The first-order valence-electron chi connectivity index (χ1n) is 9.86. The third kappa shape index (κ3) is 4.74. The maximum absolute atomic E-state index is 15.0. The summed E-state index contributed by atoms with van der Waals surface area (Å²) in [5.74, 6) is -1.77. The molecule has 3 N–H and O–H groups in total. The largest absolute Gasteiger partial charge is 0.415 e. The molecular formula is C20H19F4N5O3S. The lowest BCUT2D eigenvalue weighted by Crippen LogP contribution is -2.52. The van der Waals surface area contributed by atoms with E-state index in [0.717, 1.165) is 12.4 Å². The molecular weight excluding hydrogens is 466 g/mol. The van der Waals surface area contributed by atoms with Crippen LogP contribution in [0, 0.1) is 11.7 Å². The van der Waals surface area contributed by atoms with Crippen LogP contribution in [0.1, 0.15) is 22.5 Å². The van der Waals surface area contributed by atoms with E-state index in [4.69, 9.17) is 10.5 Å². The zero-order valence-corrected chi connectivity index (χ0v) is 17.8. The van der Waals surface area contributed by atoms with Gasteiger partial charge in [-0.1, -0.05) is 11.8 Å². The zero-order valence-electron chi connectivity index (χ0n) is 17.0. The minimum Gasteiger partial charge on any atom is -0.415 e. The van der Waals surface area contributed by atoms with Gasteiger partial charge in [0, 0.05) is 35.9 Å². The number of halogens is 4. The summed E-state index contributed by atoms with van der Waals surface area (Å²) in [6.07, 6.45) is 1.39. The van der Waals surface area contributed by atoms with Crippen molar-refractivity contribution in [2.24, 2.45) is 16.6 Å². The summed E-state index contributed by atoms with van der Waals surface area (Å²) >= 11 is 1.26. The summed E-state index contributed by atoms with van der Waals surface area (Å²) in [6.45, 7) is -3.65. The van der Waals surface area contributed by atoms with E-state index in [1.54, 1.807) is 0 Å². The predicted molar refractivity (Wildman–Crippen MR) is 113 cm³/mol. The number of anilines is 1. The standard InChI is InChI=1S/C20H19F4N5O3S/c21-6-15-12-9-33-19(25)29-20(12,3-4-31-15)11-5-10(1-2-13(11)22)28-17(30)14-7-27-16(8-26-14)32-18(23)24/h1-2,5,7-8,12,15,18H,3-4,6,9H2,(H2,25,29)(H,28,30)/t12-,15+,20+/m1/s1. The van der Waals surface area contributed by atoms with Gasteiger partial charge < -0.3 is 20.5 Å². The Bertz CT molecular complexity index is 1060. The number of nitrogens with zero attached hydrogens (tertiary/aromatic N) is 3. The number of amidine groups is 1. The van der Waals surface area contributed by atoms with Crippen molar-refractivity contribution in [1.29, 1.82) is 0 Å². The van der Waals surface area contributed by atoms with Crippen LogP contribution in [-0.4, -0.2) is 52.8 Å². The molecule has 2 aromatic rings. The van der Waals surface area contributed by atoms with Crippen LogP contribution in [0.3, 0.4) is 0 Å². The lowest BCUT2D eigenvalue weighted by atomic mass is 9.72. The van der Waals surface area contributed by atoms with E-state index in [1.807, 2.05) is 0 Å². The number of benzene rings is 1. The molecule has 2 aliphatic heterocycles. The average molecular weight is 485 g/mol. The zero-order chi connectivity index (χ0) is 23.6. The van der Waals surface area contributed by atoms with Crippen LogP contribution in [0.15, 0.2) is 35.6 Å². The lowest BCUT2D eigenvalue weighted by molar-refractivity contribution is -0.0714. The highest BCUT2D eigenvalue weighted by molar-refractivity contribution is 8.13. The van der Waals surface area contributed by atoms with Crippen LogP contribution < -0.4 is 15.8 Å². The van der Waals surface area contributed by atoms with Crippen LogP contribution in [0.5, 0.6) is 5.88 Å². The number of rotatable bonds is 6. The minimum absolute atomic E-state index is 0.168. The molecule has 0 radical (unpaired) electrons.